The fourth-order valence-electron chi connectivity index (χ4n) is 3.08. The normalized spacial score (nSPS) is 20.2. The van der Waals surface area contributed by atoms with E-state index in [1.54, 1.807) is 0 Å². The first-order valence-corrected chi connectivity index (χ1v) is 8.46. The molecule has 0 fully saturated rings. The Labute approximate surface area is 138 Å². The van der Waals surface area contributed by atoms with Crippen molar-refractivity contribution < 1.29 is 0 Å². The molecule has 0 spiro atoms. The van der Waals surface area contributed by atoms with Crippen LogP contribution in [0.25, 0.3) is 0 Å². The first kappa shape index (κ1) is 16.4. The smallest absolute Gasteiger partial charge is 0.0595 e. The van der Waals surface area contributed by atoms with Gasteiger partial charge in [0.05, 0.1) is 10.0 Å². The summed E-state index contributed by atoms with van der Waals surface area (Å²) in [5.74, 6) is 1.09. The summed E-state index contributed by atoms with van der Waals surface area (Å²) in [5, 5.41) is 1.28. The Bertz CT molecular complexity index is 604. The zero-order chi connectivity index (χ0) is 15.4. The molecule has 0 saturated heterocycles. The highest BCUT2D eigenvalue weighted by Gasteiger charge is 2.25. The Morgan fingerprint density at radius 1 is 0.857 bits per heavy atom. The van der Waals surface area contributed by atoms with Gasteiger partial charge in [-0.2, -0.15) is 0 Å². The second-order valence-corrected chi connectivity index (χ2v) is 6.15. The van der Waals surface area contributed by atoms with E-state index in [9.17, 15) is 0 Å². The second-order valence-electron chi connectivity index (χ2n) is 5.33. The molecule has 2 aromatic rings. The van der Waals surface area contributed by atoms with Gasteiger partial charge in [0.25, 0.3) is 0 Å². The van der Waals surface area contributed by atoms with E-state index in [1.165, 1.54) is 29.5 Å². The van der Waals surface area contributed by atoms with Crippen LogP contribution < -0.4 is 0 Å². The van der Waals surface area contributed by atoms with Crippen LogP contribution in [-0.4, -0.2) is 0 Å². The zero-order valence-corrected chi connectivity index (χ0v) is 14.4. The largest absolute Gasteiger partial charge is 0.0827 e. The zero-order valence-electron chi connectivity index (χ0n) is 12.9. The van der Waals surface area contributed by atoms with Gasteiger partial charge >= 0.3 is 0 Å². The molecule has 2 atom stereocenters. The Morgan fingerprint density at radius 2 is 1.52 bits per heavy atom. The Hall–Kier alpha value is -0.980. The standard InChI is InChI=1S/C17H16Cl2.C2H6/c1-11-6-8-14(15-5-3-2-4-13(11)15)12-7-9-16(18)17(19)10-12;1-2/h2-5,7,9-11,14H,6,8H2,1H3;1-2H3/t11?,14-;/m0./s1. The minimum absolute atomic E-state index is 0.446. The van der Waals surface area contributed by atoms with Crippen molar-refractivity contribution in [1.29, 1.82) is 0 Å². The number of rotatable bonds is 1. The quantitative estimate of drug-likeness (QED) is 0.528. The highest BCUT2D eigenvalue weighted by molar-refractivity contribution is 6.42. The van der Waals surface area contributed by atoms with Gasteiger partial charge in [0.1, 0.15) is 0 Å². The van der Waals surface area contributed by atoms with Gasteiger partial charge < -0.3 is 0 Å². The fraction of sp³-hybridized carbons (Fsp3) is 0.368. The van der Waals surface area contributed by atoms with Crippen LogP contribution in [0.5, 0.6) is 0 Å². The van der Waals surface area contributed by atoms with E-state index in [1.807, 2.05) is 26.0 Å². The van der Waals surface area contributed by atoms with Crippen LogP contribution in [0.4, 0.5) is 0 Å². The van der Waals surface area contributed by atoms with Gasteiger partial charge in [-0.25, -0.2) is 0 Å². The summed E-state index contributed by atoms with van der Waals surface area (Å²) >= 11 is 12.2. The van der Waals surface area contributed by atoms with Crippen molar-refractivity contribution in [3.8, 4) is 0 Å². The van der Waals surface area contributed by atoms with Crippen molar-refractivity contribution in [1.82, 2.24) is 0 Å². The maximum Gasteiger partial charge on any atom is 0.0595 e. The monoisotopic (exact) mass is 320 g/mol. The van der Waals surface area contributed by atoms with E-state index in [2.05, 4.69) is 37.3 Å². The van der Waals surface area contributed by atoms with Crippen molar-refractivity contribution in [2.45, 2.75) is 45.4 Å². The molecule has 0 saturated carbocycles. The number of hydrogen-bond acceptors (Lipinski definition) is 0. The van der Waals surface area contributed by atoms with E-state index < -0.39 is 0 Å². The molecule has 1 aliphatic carbocycles. The molecule has 0 radical (unpaired) electrons. The lowest BCUT2D eigenvalue weighted by Crippen LogP contribution is -2.13. The first-order valence-electron chi connectivity index (χ1n) is 7.70. The molecular formula is C19H22Cl2. The van der Waals surface area contributed by atoms with Gasteiger partial charge in [0, 0.05) is 5.92 Å². The Balaban J connectivity index is 0.000000774. The lowest BCUT2D eigenvalue weighted by molar-refractivity contribution is 0.545. The van der Waals surface area contributed by atoms with Crippen LogP contribution in [0.1, 0.15) is 62.1 Å². The van der Waals surface area contributed by atoms with Crippen molar-refractivity contribution in [3.05, 3.63) is 69.2 Å². The molecule has 112 valence electrons. The van der Waals surface area contributed by atoms with Crippen molar-refractivity contribution in [2.24, 2.45) is 0 Å². The van der Waals surface area contributed by atoms with Crippen LogP contribution in [0, 0.1) is 0 Å². The van der Waals surface area contributed by atoms with E-state index in [4.69, 9.17) is 23.2 Å². The van der Waals surface area contributed by atoms with Crippen molar-refractivity contribution >= 4 is 23.2 Å². The molecule has 1 aliphatic rings. The number of benzene rings is 2. The predicted octanol–water partition coefficient (Wildman–Crippen LogP) is 7.05. The van der Waals surface area contributed by atoms with E-state index in [-0.39, 0.29) is 0 Å². The van der Waals surface area contributed by atoms with Gasteiger partial charge in [-0.1, -0.05) is 74.3 Å². The molecule has 0 heterocycles. The van der Waals surface area contributed by atoms with E-state index >= 15 is 0 Å². The molecule has 0 aromatic heterocycles. The third kappa shape index (κ3) is 3.44. The van der Waals surface area contributed by atoms with Crippen molar-refractivity contribution in [3.63, 3.8) is 0 Å². The Kier molecular flexibility index (Phi) is 5.72. The van der Waals surface area contributed by atoms with E-state index in [0.717, 1.165) is 0 Å². The maximum atomic E-state index is 6.16. The molecule has 0 nitrogen and oxygen atoms in total. The summed E-state index contributed by atoms with van der Waals surface area (Å²) in [5.41, 5.74) is 4.19. The molecule has 0 bridgehead atoms. The number of fused-ring (bicyclic) bond motifs is 1. The molecule has 1 unspecified atom stereocenters. The predicted molar refractivity (Wildman–Crippen MR) is 93.7 cm³/mol. The van der Waals surface area contributed by atoms with Crippen LogP contribution in [0.3, 0.4) is 0 Å². The summed E-state index contributed by atoms with van der Waals surface area (Å²) in [6, 6.07) is 14.8. The van der Waals surface area contributed by atoms with Crippen LogP contribution in [-0.2, 0) is 0 Å². The third-order valence-corrected chi connectivity index (χ3v) is 4.88. The summed E-state index contributed by atoms with van der Waals surface area (Å²) in [7, 11) is 0. The Morgan fingerprint density at radius 3 is 2.19 bits per heavy atom. The number of halogens is 2. The number of hydrogen-bond donors (Lipinski definition) is 0. The summed E-state index contributed by atoms with van der Waals surface area (Å²) in [6.45, 7) is 6.31. The highest BCUT2D eigenvalue weighted by Crippen LogP contribution is 2.42. The van der Waals surface area contributed by atoms with Gasteiger partial charge in [-0.15, -0.1) is 0 Å². The average molecular weight is 321 g/mol. The molecule has 0 N–H and O–H groups in total. The van der Waals surface area contributed by atoms with Crippen LogP contribution in [0.2, 0.25) is 10.0 Å². The average Bonchev–Trinajstić information content (AvgIpc) is 2.53. The van der Waals surface area contributed by atoms with Gasteiger partial charge in [0.2, 0.25) is 0 Å². The fourth-order valence-corrected chi connectivity index (χ4v) is 3.39. The molecule has 3 rings (SSSR count). The minimum Gasteiger partial charge on any atom is -0.0827 e. The van der Waals surface area contributed by atoms with Crippen LogP contribution >= 0.6 is 23.2 Å². The SMILES string of the molecule is CC.CC1CC[C@@H](c2ccc(Cl)c(Cl)c2)c2ccccc21. The lowest BCUT2D eigenvalue weighted by atomic mass is 9.75. The molecule has 0 aliphatic heterocycles. The first-order chi connectivity index (χ1) is 10.2. The summed E-state index contributed by atoms with van der Waals surface area (Å²) in [6.07, 6.45) is 2.40. The molecule has 2 heteroatoms. The third-order valence-electron chi connectivity index (χ3n) is 4.14. The second kappa shape index (κ2) is 7.33. The van der Waals surface area contributed by atoms with Gasteiger partial charge in [-0.3, -0.25) is 0 Å². The molecule has 2 aromatic carbocycles. The molecule has 21 heavy (non-hydrogen) atoms. The summed E-state index contributed by atoms with van der Waals surface area (Å²) < 4.78 is 0. The maximum absolute atomic E-state index is 6.16. The van der Waals surface area contributed by atoms with Gasteiger partial charge in [0.15, 0.2) is 0 Å². The molecular weight excluding hydrogens is 299 g/mol. The molecule has 0 amide bonds. The van der Waals surface area contributed by atoms with E-state index in [0.29, 0.717) is 21.9 Å². The summed E-state index contributed by atoms with van der Waals surface area (Å²) in [4.78, 5) is 0. The van der Waals surface area contributed by atoms with Crippen LogP contribution in [0.15, 0.2) is 42.5 Å². The topological polar surface area (TPSA) is 0 Å². The highest BCUT2D eigenvalue weighted by atomic mass is 35.5. The lowest BCUT2D eigenvalue weighted by Gasteiger charge is -2.30. The van der Waals surface area contributed by atoms with Crippen molar-refractivity contribution in [2.75, 3.05) is 0 Å². The minimum atomic E-state index is 0.446. The van der Waals surface area contributed by atoms with Gasteiger partial charge in [-0.05, 0) is 47.6 Å².